The quantitative estimate of drug-likeness (QED) is 0.452. The minimum atomic E-state index is -0.919. The molecule has 4 heteroatoms. The maximum atomic E-state index is 3.64. The molecule has 0 nitrogen and oxygen atoms in total. The number of halogens is 2. The molecule has 22 heavy (non-hydrogen) atoms. The van der Waals surface area contributed by atoms with E-state index in [9.17, 15) is 0 Å². The predicted octanol–water partition coefficient (Wildman–Crippen LogP) is -0.431. The van der Waals surface area contributed by atoms with Crippen LogP contribution in [-0.2, 0) is 21.7 Å². The Labute approximate surface area is 165 Å². The van der Waals surface area contributed by atoms with Gasteiger partial charge in [-0.1, -0.05) is 51.2 Å². The molecule has 1 heterocycles. The van der Waals surface area contributed by atoms with E-state index in [0.717, 1.165) is 6.42 Å². The molecule has 0 aromatic heterocycles. The first kappa shape index (κ1) is 24.7. The Kier molecular flexibility index (Phi) is 14.4. The average Bonchev–Trinajstić information content (AvgIpc) is 3.02. The molecular formula is C18H26Cl2SiTi. The van der Waals surface area contributed by atoms with Gasteiger partial charge in [0.15, 0.2) is 0 Å². The van der Waals surface area contributed by atoms with Crippen molar-refractivity contribution < 1.29 is 46.5 Å². The molecule has 3 aliphatic rings. The molecule has 0 bridgehead atoms. The third-order valence-electron chi connectivity index (χ3n) is 4.51. The van der Waals surface area contributed by atoms with Gasteiger partial charge in [-0.2, -0.15) is 11.3 Å². The summed E-state index contributed by atoms with van der Waals surface area (Å²) in [6.45, 7) is 4.52. The molecule has 0 radical (unpaired) electrons. The Morgan fingerprint density at radius 3 is 2.27 bits per heavy atom. The van der Waals surface area contributed by atoms with Crippen LogP contribution < -0.4 is 24.8 Å². The van der Waals surface area contributed by atoms with Crippen LogP contribution in [0.4, 0.5) is 0 Å². The Bertz CT molecular complexity index is 411. The third-order valence-corrected chi connectivity index (χ3v) is 10.0. The molecular weight excluding hydrogens is 363 g/mol. The van der Waals surface area contributed by atoms with Gasteiger partial charge in [-0.25, -0.2) is 23.8 Å². The maximum Gasteiger partial charge on any atom is 4.00 e. The van der Waals surface area contributed by atoms with Gasteiger partial charge in [0.1, 0.15) is 0 Å². The van der Waals surface area contributed by atoms with Gasteiger partial charge >= 0.3 is 21.7 Å². The number of hydrogen-bond donors (Lipinski definition) is 0. The van der Waals surface area contributed by atoms with Crippen LogP contribution in [-0.4, -0.2) is 8.07 Å². The zero-order valence-electron chi connectivity index (χ0n) is 13.7. The van der Waals surface area contributed by atoms with E-state index in [1.807, 2.05) is 12.2 Å². The Morgan fingerprint density at radius 1 is 1.23 bits per heavy atom. The Hall–Kier alpha value is 0.471. The summed E-state index contributed by atoms with van der Waals surface area (Å²) in [5.41, 5.74) is 1.40. The van der Waals surface area contributed by atoms with E-state index in [4.69, 9.17) is 0 Å². The van der Waals surface area contributed by atoms with Crippen molar-refractivity contribution in [2.45, 2.75) is 64.1 Å². The summed E-state index contributed by atoms with van der Waals surface area (Å²) in [5.74, 6) is 0. The first-order chi connectivity index (χ1) is 9.27. The number of allylic oxidation sites excluding steroid dienone is 8. The smallest absolute Gasteiger partial charge is 1.00 e. The zero-order chi connectivity index (χ0) is 13.6. The van der Waals surface area contributed by atoms with Crippen LogP contribution >= 0.6 is 0 Å². The fourth-order valence-electron chi connectivity index (χ4n) is 3.11. The van der Waals surface area contributed by atoms with Gasteiger partial charge in [0.05, 0.1) is 8.07 Å². The van der Waals surface area contributed by atoms with Crippen LogP contribution in [0, 0.1) is 12.2 Å². The SMILES string of the molecule is CCCC[Si]1(C2=[C-]C(C)=CC2)CCC1.[C-]1=CC=CC1.[Cl-].[Cl-].[Ti+4]. The summed E-state index contributed by atoms with van der Waals surface area (Å²) in [6.07, 6.45) is 21.6. The Morgan fingerprint density at radius 2 is 1.95 bits per heavy atom. The normalized spacial score (nSPS) is 19.4. The van der Waals surface area contributed by atoms with Crippen molar-refractivity contribution in [1.29, 1.82) is 0 Å². The second-order valence-corrected chi connectivity index (χ2v) is 10.6. The molecule has 0 atom stereocenters. The second kappa shape index (κ2) is 12.8. The Balaban J connectivity index is 0. The predicted molar refractivity (Wildman–Crippen MR) is 86.4 cm³/mol. The maximum absolute atomic E-state index is 3.64. The van der Waals surface area contributed by atoms with Gasteiger partial charge < -0.3 is 24.8 Å². The fraction of sp³-hybridized carbons (Fsp3) is 0.556. The summed E-state index contributed by atoms with van der Waals surface area (Å²) < 4.78 is 0. The van der Waals surface area contributed by atoms with Gasteiger partial charge in [-0.3, -0.25) is 12.2 Å². The summed E-state index contributed by atoms with van der Waals surface area (Å²) in [5, 5.41) is 1.76. The van der Waals surface area contributed by atoms with E-state index in [0.29, 0.717) is 0 Å². The molecule has 3 rings (SSSR count). The van der Waals surface area contributed by atoms with Crippen LogP contribution in [0.5, 0.6) is 0 Å². The minimum Gasteiger partial charge on any atom is -1.00 e. The molecule has 0 aromatic carbocycles. The van der Waals surface area contributed by atoms with Crippen LogP contribution in [0.1, 0.15) is 46.0 Å². The second-order valence-electron chi connectivity index (χ2n) is 5.94. The van der Waals surface area contributed by atoms with Crippen molar-refractivity contribution in [2.75, 3.05) is 0 Å². The summed E-state index contributed by atoms with van der Waals surface area (Å²) in [7, 11) is -0.919. The van der Waals surface area contributed by atoms with E-state index < -0.39 is 8.07 Å². The van der Waals surface area contributed by atoms with Gasteiger partial charge in [-0.05, 0) is 0 Å². The van der Waals surface area contributed by atoms with Crippen molar-refractivity contribution in [3.63, 3.8) is 0 Å². The largest absolute Gasteiger partial charge is 4.00 e. The van der Waals surface area contributed by atoms with E-state index in [1.54, 1.807) is 23.3 Å². The number of rotatable bonds is 4. The van der Waals surface area contributed by atoms with Crippen molar-refractivity contribution in [3.8, 4) is 0 Å². The molecule has 0 saturated carbocycles. The molecule has 0 unspecified atom stereocenters. The van der Waals surface area contributed by atoms with Crippen LogP contribution in [0.3, 0.4) is 0 Å². The topological polar surface area (TPSA) is 0 Å². The third kappa shape index (κ3) is 6.93. The van der Waals surface area contributed by atoms with Crippen molar-refractivity contribution in [3.05, 3.63) is 47.2 Å². The van der Waals surface area contributed by atoms with E-state index >= 15 is 0 Å². The molecule has 0 aromatic rings. The molecule has 0 amide bonds. The molecule has 120 valence electrons. The molecule has 1 aliphatic heterocycles. The van der Waals surface area contributed by atoms with E-state index in [2.05, 4.69) is 38.2 Å². The number of unbranched alkanes of at least 4 members (excludes halogenated alkanes) is 1. The first-order valence-electron chi connectivity index (χ1n) is 7.79. The fourth-order valence-corrected chi connectivity index (χ4v) is 7.75. The van der Waals surface area contributed by atoms with Crippen LogP contribution in [0.25, 0.3) is 0 Å². The summed E-state index contributed by atoms with van der Waals surface area (Å²) >= 11 is 0. The molecule has 2 aliphatic carbocycles. The molecule has 1 fully saturated rings. The molecule has 0 N–H and O–H groups in total. The molecule has 1 saturated heterocycles. The van der Waals surface area contributed by atoms with E-state index in [1.165, 1.54) is 31.3 Å². The van der Waals surface area contributed by atoms with Gasteiger partial charge in [0.2, 0.25) is 0 Å². The van der Waals surface area contributed by atoms with Gasteiger partial charge in [0, 0.05) is 0 Å². The van der Waals surface area contributed by atoms with Crippen molar-refractivity contribution in [2.24, 2.45) is 0 Å². The minimum absolute atomic E-state index is 0. The van der Waals surface area contributed by atoms with E-state index in [-0.39, 0.29) is 46.5 Å². The van der Waals surface area contributed by atoms with Gasteiger partial charge in [0.25, 0.3) is 0 Å². The summed E-state index contributed by atoms with van der Waals surface area (Å²) in [6, 6.07) is 4.68. The summed E-state index contributed by atoms with van der Waals surface area (Å²) in [4.78, 5) is 0. The zero-order valence-corrected chi connectivity index (χ0v) is 17.8. The average molecular weight is 389 g/mol. The standard InChI is InChI=1S/C13H21Si.C5H5.2ClH.Ti/c1-3-4-8-14(9-5-10-14)13-7-6-12(2)11-13;1-2-4-5-3-1;;;/h6H,3-5,7-10H2,1-2H3;1-3H,4H2;2*1H;/q2*-1;;;+4/p-2. The van der Waals surface area contributed by atoms with Crippen molar-refractivity contribution in [1.82, 2.24) is 0 Å². The first-order valence-corrected chi connectivity index (χ1v) is 10.4. The number of hydrogen-bond acceptors (Lipinski definition) is 0. The van der Waals surface area contributed by atoms with Crippen LogP contribution in [0.15, 0.2) is 35.1 Å². The monoisotopic (exact) mass is 388 g/mol. The van der Waals surface area contributed by atoms with Crippen LogP contribution in [0.2, 0.25) is 18.1 Å². The van der Waals surface area contributed by atoms with Crippen molar-refractivity contribution >= 4 is 8.07 Å². The molecule has 0 spiro atoms. The van der Waals surface area contributed by atoms with Gasteiger partial charge in [-0.15, -0.1) is 12.8 Å².